The number of thiophene rings is 1. The van der Waals surface area contributed by atoms with Crippen molar-refractivity contribution in [1.82, 2.24) is 24.6 Å². The Balaban J connectivity index is 0.667. The molecule has 2 aromatic heterocycles. The van der Waals surface area contributed by atoms with Crippen molar-refractivity contribution in [3.05, 3.63) is 169 Å². The van der Waals surface area contributed by atoms with Gasteiger partial charge in [0, 0.05) is 67.1 Å². The fourth-order valence-electron chi connectivity index (χ4n) is 11.3. The molecule has 0 unspecified atom stereocenters. The van der Waals surface area contributed by atoms with Crippen LogP contribution in [0.3, 0.4) is 0 Å². The van der Waals surface area contributed by atoms with E-state index < -0.39 is 5.97 Å². The quantitative estimate of drug-likeness (QED) is 0.148. The molecule has 5 aliphatic rings. The summed E-state index contributed by atoms with van der Waals surface area (Å²) >= 11 is 1.82. The molecular weight excluding hydrogens is 797 g/mol. The standard InChI is InChI=1S/C54H56N6O2S/c1-32-34(3)63-53-49(32)51(55-33(2)52-57-56-35(4)60(52)53)42-19-15-39(16-20-42)46-30-59(31-46)27-37-23-36(24-37)26-58-28-45(29-58)38-13-17-41(18-14-38)50-47(40-9-6-5-7-10-40)12-8-11-43-25-44(54(61)62)21-22-48(43)50/h5-7,9-10,13-22,25,33,36-37,45-46H,8,11-12,23-24,26-31H2,1-4H3,(H,61,62)/t33-,36?,37?/m0/s1. The van der Waals surface area contributed by atoms with Crippen molar-refractivity contribution in [3.63, 3.8) is 0 Å². The number of likely N-dealkylation sites (tertiary alicyclic amines) is 2. The zero-order valence-electron chi connectivity index (χ0n) is 36.8. The highest BCUT2D eigenvalue weighted by Crippen LogP contribution is 2.43. The van der Waals surface area contributed by atoms with Crippen molar-refractivity contribution < 1.29 is 9.90 Å². The van der Waals surface area contributed by atoms with Crippen LogP contribution in [0, 0.1) is 32.6 Å². The second-order valence-corrected chi connectivity index (χ2v) is 20.3. The SMILES string of the molecule is Cc1sc2c(c1C)C(c1ccc(C3CN(CC4CC(CN5CC(c6ccc(C7=C(c8ccccc8)CCCc8cc(C(=O)O)ccc87)cc6)C5)C4)C3)cc1)=N[C@@H](C)c1nnc(C)n1-2. The van der Waals surface area contributed by atoms with Crippen LogP contribution in [0.2, 0.25) is 0 Å². The second kappa shape index (κ2) is 16.3. The predicted octanol–water partition coefficient (Wildman–Crippen LogP) is 10.7. The normalized spacial score (nSPS) is 21.6. The number of nitrogens with zero attached hydrogens (tertiary/aromatic N) is 6. The summed E-state index contributed by atoms with van der Waals surface area (Å²) in [4.78, 5) is 23.8. The number of hydrogen-bond donors (Lipinski definition) is 1. The smallest absolute Gasteiger partial charge is 0.335 e. The summed E-state index contributed by atoms with van der Waals surface area (Å²) in [6.45, 7) is 15.7. The van der Waals surface area contributed by atoms with Crippen LogP contribution in [-0.4, -0.2) is 80.6 Å². The zero-order chi connectivity index (χ0) is 42.9. The van der Waals surface area contributed by atoms with Crippen LogP contribution in [0.25, 0.3) is 16.1 Å². The summed E-state index contributed by atoms with van der Waals surface area (Å²) in [5, 5.41) is 19.8. The molecule has 3 aliphatic heterocycles. The molecule has 9 heteroatoms. The fourth-order valence-corrected chi connectivity index (χ4v) is 12.5. The number of carboxylic acids is 1. The number of carbonyl (C=O) groups is 1. The van der Waals surface area contributed by atoms with Crippen LogP contribution < -0.4 is 0 Å². The second-order valence-electron chi connectivity index (χ2n) is 19.1. The lowest BCUT2D eigenvalue weighted by molar-refractivity contribution is 0.0375. The van der Waals surface area contributed by atoms with E-state index in [4.69, 9.17) is 4.99 Å². The van der Waals surface area contributed by atoms with Gasteiger partial charge in [0.1, 0.15) is 16.9 Å². The van der Waals surface area contributed by atoms with Crippen LogP contribution in [0.1, 0.15) is 127 Å². The minimum atomic E-state index is -0.866. The number of fused-ring (bicyclic) bond motifs is 4. The Morgan fingerprint density at radius 1 is 0.746 bits per heavy atom. The molecule has 1 saturated carbocycles. The van der Waals surface area contributed by atoms with Crippen molar-refractivity contribution in [2.75, 3.05) is 39.3 Å². The number of benzene rings is 4. The Labute approximate surface area is 375 Å². The number of hydrogen-bond acceptors (Lipinski definition) is 7. The van der Waals surface area contributed by atoms with E-state index in [1.807, 2.05) is 30.4 Å². The molecule has 0 radical (unpaired) electrons. The van der Waals surface area contributed by atoms with Crippen LogP contribution in [-0.2, 0) is 6.42 Å². The lowest BCUT2D eigenvalue weighted by Gasteiger charge is -2.48. The van der Waals surface area contributed by atoms with Gasteiger partial charge >= 0.3 is 5.97 Å². The first-order chi connectivity index (χ1) is 30.6. The van der Waals surface area contributed by atoms with Gasteiger partial charge in [0.2, 0.25) is 0 Å². The van der Waals surface area contributed by atoms with E-state index in [9.17, 15) is 9.90 Å². The Morgan fingerprint density at radius 3 is 2.02 bits per heavy atom. The molecule has 3 fully saturated rings. The highest BCUT2D eigenvalue weighted by Gasteiger charge is 2.38. The number of allylic oxidation sites excluding steroid dienone is 1. The molecule has 0 amide bonds. The summed E-state index contributed by atoms with van der Waals surface area (Å²) in [5.74, 6) is 3.81. The van der Waals surface area contributed by atoms with Crippen LogP contribution in [0.5, 0.6) is 0 Å². The summed E-state index contributed by atoms with van der Waals surface area (Å²) in [5.41, 5.74) is 15.4. The summed E-state index contributed by atoms with van der Waals surface area (Å²) < 4.78 is 2.21. The van der Waals surface area contributed by atoms with Crippen molar-refractivity contribution in [2.24, 2.45) is 16.8 Å². The number of aromatic carboxylic acids is 1. The fraction of sp³-hybridized carbons (Fsp3) is 0.370. The van der Waals surface area contributed by atoms with Gasteiger partial charge in [-0.15, -0.1) is 21.5 Å². The molecule has 5 heterocycles. The molecule has 1 atom stereocenters. The molecule has 2 saturated heterocycles. The van der Waals surface area contributed by atoms with Crippen LogP contribution in [0.4, 0.5) is 0 Å². The first-order valence-corrected chi connectivity index (χ1v) is 23.9. The number of aliphatic imine (C=N–C) groups is 1. The average Bonchev–Trinajstić information content (AvgIpc) is 3.65. The summed E-state index contributed by atoms with van der Waals surface area (Å²) in [7, 11) is 0. The maximum Gasteiger partial charge on any atom is 0.335 e. The molecule has 6 aromatic rings. The Kier molecular flexibility index (Phi) is 10.4. The zero-order valence-corrected chi connectivity index (χ0v) is 37.7. The third-order valence-electron chi connectivity index (χ3n) is 14.9. The highest BCUT2D eigenvalue weighted by molar-refractivity contribution is 7.15. The first-order valence-electron chi connectivity index (χ1n) is 23.1. The Bertz CT molecular complexity index is 2760. The lowest BCUT2D eigenvalue weighted by atomic mass is 9.73. The van der Waals surface area contributed by atoms with Crippen LogP contribution in [0.15, 0.2) is 102 Å². The van der Waals surface area contributed by atoms with Crippen LogP contribution >= 0.6 is 11.3 Å². The molecule has 0 spiro atoms. The van der Waals surface area contributed by atoms with Gasteiger partial charge in [0.25, 0.3) is 0 Å². The molecule has 1 N–H and O–H groups in total. The topological polar surface area (TPSA) is 86.8 Å². The highest BCUT2D eigenvalue weighted by atomic mass is 32.1. The third kappa shape index (κ3) is 7.42. The Morgan fingerprint density at radius 2 is 1.38 bits per heavy atom. The third-order valence-corrected chi connectivity index (χ3v) is 16.1. The van der Waals surface area contributed by atoms with E-state index in [0.29, 0.717) is 17.4 Å². The molecular formula is C54H56N6O2S. The van der Waals surface area contributed by atoms with E-state index in [2.05, 4.69) is 124 Å². The molecule has 2 aliphatic carbocycles. The van der Waals surface area contributed by atoms with Crippen molar-refractivity contribution >= 4 is 34.2 Å². The number of aromatic nitrogens is 3. The molecule has 8 nitrogen and oxygen atoms in total. The van der Waals surface area contributed by atoms with Crippen molar-refractivity contribution in [3.8, 4) is 5.00 Å². The van der Waals surface area contributed by atoms with Crippen molar-refractivity contribution in [2.45, 2.75) is 77.7 Å². The van der Waals surface area contributed by atoms with Gasteiger partial charge in [0.05, 0.1) is 11.3 Å². The Hall–Kier alpha value is -5.48. The number of carboxylic acid groups (broad SMARTS) is 1. The van der Waals surface area contributed by atoms with E-state index in [0.717, 1.165) is 80.2 Å². The maximum atomic E-state index is 11.8. The van der Waals surface area contributed by atoms with Gasteiger partial charge in [-0.1, -0.05) is 84.9 Å². The first kappa shape index (κ1) is 40.3. The van der Waals surface area contributed by atoms with Gasteiger partial charge in [-0.3, -0.25) is 9.56 Å². The van der Waals surface area contributed by atoms with Gasteiger partial charge in [-0.05, 0) is 134 Å². The molecule has 63 heavy (non-hydrogen) atoms. The predicted molar refractivity (Wildman–Crippen MR) is 254 cm³/mol. The average molecular weight is 853 g/mol. The number of rotatable bonds is 10. The molecule has 320 valence electrons. The van der Waals surface area contributed by atoms with Crippen molar-refractivity contribution in [1.29, 1.82) is 0 Å². The van der Waals surface area contributed by atoms with Gasteiger partial charge in [-0.2, -0.15) is 0 Å². The minimum absolute atomic E-state index is 0.0668. The molecule has 0 bridgehead atoms. The van der Waals surface area contributed by atoms with E-state index in [1.54, 1.807) is 6.07 Å². The largest absolute Gasteiger partial charge is 0.478 e. The molecule has 4 aromatic carbocycles. The van der Waals surface area contributed by atoms with E-state index in [-0.39, 0.29) is 6.04 Å². The maximum absolute atomic E-state index is 11.8. The molecule has 11 rings (SSSR count). The van der Waals surface area contributed by atoms with Gasteiger partial charge in [-0.25, -0.2) is 4.79 Å². The van der Waals surface area contributed by atoms with E-state index in [1.165, 1.54) is 91.5 Å². The van der Waals surface area contributed by atoms with Gasteiger partial charge in [0.15, 0.2) is 5.82 Å². The number of aryl methyl sites for hydroxylation is 3. The summed E-state index contributed by atoms with van der Waals surface area (Å²) in [6.07, 6.45) is 5.56. The minimum Gasteiger partial charge on any atom is -0.478 e. The van der Waals surface area contributed by atoms with E-state index >= 15 is 0 Å². The van der Waals surface area contributed by atoms with Gasteiger partial charge < -0.3 is 14.9 Å². The summed E-state index contributed by atoms with van der Waals surface area (Å²) in [6, 6.07) is 35.0. The monoisotopic (exact) mass is 852 g/mol. The lowest BCUT2D eigenvalue weighted by Crippen LogP contribution is -2.51.